The zero-order valence-corrected chi connectivity index (χ0v) is 19.0. The second-order valence-electron chi connectivity index (χ2n) is 9.23. The van der Waals surface area contributed by atoms with Crippen molar-refractivity contribution in [3.8, 4) is 0 Å². The van der Waals surface area contributed by atoms with Gasteiger partial charge in [0.25, 0.3) is 0 Å². The lowest BCUT2D eigenvalue weighted by Crippen LogP contribution is -2.49. The Balaban J connectivity index is 1.24. The number of hydrogen-bond donors (Lipinski definition) is 2. The maximum Gasteiger partial charge on any atom is 0.0602 e. The summed E-state index contributed by atoms with van der Waals surface area (Å²) in [7, 11) is 0. The summed E-state index contributed by atoms with van der Waals surface area (Å²) < 4.78 is 0. The van der Waals surface area contributed by atoms with Crippen molar-refractivity contribution in [2.45, 2.75) is 19.0 Å². The van der Waals surface area contributed by atoms with Crippen LogP contribution in [0.2, 0.25) is 0 Å². The third-order valence-corrected chi connectivity index (χ3v) is 7.03. The van der Waals surface area contributed by atoms with Gasteiger partial charge in [0.2, 0.25) is 0 Å². The first-order chi connectivity index (χ1) is 15.8. The number of nitrogens with one attached hydrogen (secondary N) is 2. The van der Waals surface area contributed by atoms with Crippen molar-refractivity contribution in [3.63, 3.8) is 0 Å². The number of aryl methyl sites for hydroxylation is 1. The predicted molar refractivity (Wildman–Crippen MR) is 131 cm³/mol. The van der Waals surface area contributed by atoms with Crippen molar-refractivity contribution in [1.29, 1.82) is 0 Å². The van der Waals surface area contributed by atoms with Crippen LogP contribution in [0.3, 0.4) is 0 Å². The Hall–Kier alpha value is -2.50. The van der Waals surface area contributed by atoms with Gasteiger partial charge >= 0.3 is 0 Å². The summed E-state index contributed by atoms with van der Waals surface area (Å²) >= 11 is 0. The quantitative estimate of drug-likeness (QED) is 0.619. The molecule has 2 heterocycles. The van der Waals surface area contributed by atoms with Crippen LogP contribution in [0, 0.1) is 12.8 Å². The minimum absolute atomic E-state index is 0.328. The molecule has 2 aliphatic heterocycles. The first kappa shape index (κ1) is 21.4. The molecular weight excluding hydrogens is 392 g/mol. The predicted octanol–water partition coefficient (Wildman–Crippen LogP) is 4.17. The Labute approximate surface area is 192 Å². The molecule has 2 unspecified atom stereocenters. The van der Waals surface area contributed by atoms with Crippen molar-refractivity contribution in [3.05, 3.63) is 107 Å². The number of rotatable bonds is 6. The van der Waals surface area contributed by atoms with E-state index in [-0.39, 0.29) is 0 Å². The van der Waals surface area contributed by atoms with E-state index in [2.05, 4.69) is 113 Å². The van der Waals surface area contributed by atoms with Crippen LogP contribution in [0.15, 0.2) is 84.9 Å². The van der Waals surface area contributed by atoms with E-state index in [1.807, 2.05) is 0 Å². The van der Waals surface area contributed by atoms with Crippen LogP contribution in [0.25, 0.3) is 0 Å². The zero-order valence-electron chi connectivity index (χ0n) is 19.0. The normalized spacial score (nSPS) is 22.4. The number of nitrogens with zero attached hydrogens (tertiary/aromatic N) is 2. The first-order valence-electron chi connectivity index (χ1n) is 11.9. The molecule has 3 aromatic rings. The van der Waals surface area contributed by atoms with E-state index < -0.39 is 0 Å². The molecule has 4 heteroatoms. The SMILES string of the molecule is Cc1ccc(C2NNCC2CN2CCN(C(c3ccccc3)c3ccccc3)CC2)cc1. The molecule has 5 rings (SSSR count). The molecule has 166 valence electrons. The van der Waals surface area contributed by atoms with E-state index in [4.69, 9.17) is 0 Å². The number of hydrogen-bond acceptors (Lipinski definition) is 4. The standard InChI is InChI=1S/C28H34N4/c1-22-12-14-23(15-13-22)27-26(20-29-30-27)21-31-16-18-32(19-17-31)28(24-8-4-2-5-9-24)25-10-6-3-7-11-25/h2-15,26-30H,16-21H2,1H3. The van der Waals surface area contributed by atoms with Crippen molar-refractivity contribution >= 4 is 0 Å². The van der Waals surface area contributed by atoms with Gasteiger partial charge in [-0.15, -0.1) is 0 Å². The van der Waals surface area contributed by atoms with Crippen LogP contribution in [0.5, 0.6) is 0 Å². The van der Waals surface area contributed by atoms with Gasteiger partial charge < -0.3 is 4.90 Å². The average molecular weight is 427 g/mol. The van der Waals surface area contributed by atoms with E-state index in [9.17, 15) is 0 Å². The van der Waals surface area contributed by atoms with Gasteiger partial charge in [0, 0.05) is 45.2 Å². The number of piperazine rings is 1. The second kappa shape index (κ2) is 9.97. The van der Waals surface area contributed by atoms with E-state index in [1.165, 1.54) is 22.3 Å². The van der Waals surface area contributed by atoms with Crippen LogP contribution < -0.4 is 10.9 Å². The van der Waals surface area contributed by atoms with Crippen molar-refractivity contribution < 1.29 is 0 Å². The molecule has 2 fully saturated rings. The second-order valence-corrected chi connectivity index (χ2v) is 9.23. The summed E-state index contributed by atoms with van der Waals surface area (Å²) in [6, 6.07) is 31.6. The molecule has 32 heavy (non-hydrogen) atoms. The molecule has 0 amide bonds. The summed E-state index contributed by atoms with van der Waals surface area (Å²) in [5.74, 6) is 0.586. The molecule has 0 spiro atoms. The van der Waals surface area contributed by atoms with E-state index in [0.717, 1.165) is 39.3 Å². The molecule has 2 N–H and O–H groups in total. The van der Waals surface area contributed by atoms with Crippen LogP contribution in [0.1, 0.15) is 34.3 Å². The zero-order chi connectivity index (χ0) is 21.8. The van der Waals surface area contributed by atoms with Gasteiger partial charge in [-0.05, 0) is 23.6 Å². The Kier molecular flexibility index (Phi) is 6.65. The topological polar surface area (TPSA) is 30.5 Å². The fourth-order valence-electron chi connectivity index (χ4n) is 5.26. The van der Waals surface area contributed by atoms with Crippen LogP contribution >= 0.6 is 0 Å². The minimum atomic E-state index is 0.328. The smallest absolute Gasteiger partial charge is 0.0602 e. The van der Waals surface area contributed by atoms with Crippen molar-refractivity contribution in [2.75, 3.05) is 39.3 Å². The monoisotopic (exact) mass is 426 g/mol. The fraction of sp³-hybridized carbons (Fsp3) is 0.357. The Morgan fingerprint density at radius 1 is 0.781 bits per heavy atom. The van der Waals surface area contributed by atoms with E-state index in [0.29, 0.717) is 18.0 Å². The lowest BCUT2D eigenvalue weighted by atomic mass is 9.93. The van der Waals surface area contributed by atoms with Crippen molar-refractivity contribution in [2.24, 2.45) is 5.92 Å². The maximum atomic E-state index is 3.51. The molecule has 0 bridgehead atoms. The van der Waals surface area contributed by atoms with Gasteiger partial charge in [-0.3, -0.25) is 10.3 Å². The summed E-state index contributed by atoms with van der Waals surface area (Å²) in [4.78, 5) is 5.31. The molecular formula is C28H34N4. The fourth-order valence-corrected chi connectivity index (χ4v) is 5.26. The van der Waals surface area contributed by atoms with Gasteiger partial charge in [0.15, 0.2) is 0 Å². The third-order valence-electron chi connectivity index (χ3n) is 7.03. The van der Waals surface area contributed by atoms with Gasteiger partial charge in [-0.25, -0.2) is 5.43 Å². The largest absolute Gasteiger partial charge is 0.300 e. The molecule has 3 aromatic carbocycles. The lowest BCUT2D eigenvalue weighted by molar-refractivity contribution is 0.0969. The Morgan fingerprint density at radius 3 is 1.97 bits per heavy atom. The lowest BCUT2D eigenvalue weighted by Gasteiger charge is -2.40. The summed E-state index contributed by atoms with van der Waals surface area (Å²) in [6.07, 6.45) is 0. The molecule has 2 aliphatic rings. The molecule has 0 saturated carbocycles. The Morgan fingerprint density at radius 2 is 1.38 bits per heavy atom. The summed E-state index contributed by atoms with van der Waals surface area (Å²) in [5.41, 5.74) is 12.4. The van der Waals surface area contributed by atoms with Gasteiger partial charge in [0.1, 0.15) is 0 Å². The van der Waals surface area contributed by atoms with Gasteiger partial charge in [0.05, 0.1) is 12.1 Å². The minimum Gasteiger partial charge on any atom is -0.300 e. The molecule has 0 aliphatic carbocycles. The van der Waals surface area contributed by atoms with Crippen molar-refractivity contribution in [1.82, 2.24) is 20.7 Å². The number of hydrazine groups is 1. The highest BCUT2D eigenvalue weighted by atomic mass is 15.4. The van der Waals surface area contributed by atoms with E-state index >= 15 is 0 Å². The van der Waals surface area contributed by atoms with E-state index in [1.54, 1.807) is 0 Å². The first-order valence-corrected chi connectivity index (χ1v) is 11.9. The highest BCUT2D eigenvalue weighted by Crippen LogP contribution is 2.30. The molecule has 0 aromatic heterocycles. The highest BCUT2D eigenvalue weighted by molar-refractivity contribution is 5.32. The Bertz CT molecular complexity index is 926. The third kappa shape index (κ3) is 4.79. The average Bonchev–Trinajstić information content (AvgIpc) is 3.30. The van der Waals surface area contributed by atoms with Gasteiger partial charge in [-0.1, -0.05) is 90.5 Å². The van der Waals surface area contributed by atoms with Gasteiger partial charge in [-0.2, -0.15) is 0 Å². The van der Waals surface area contributed by atoms with Crippen LogP contribution in [0.4, 0.5) is 0 Å². The molecule has 0 radical (unpaired) electrons. The number of benzene rings is 3. The summed E-state index contributed by atoms with van der Waals surface area (Å²) in [6.45, 7) is 8.73. The molecule has 2 saturated heterocycles. The van der Waals surface area contributed by atoms with Crippen LogP contribution in [-0.4, -0.2) is 49.1 Å². The molecule has 4 nitrogen and oxygen atoms in total. The summed E-state index contributed by atoms with van der Waals surface area (Å²) in [5, 5.41) is 0. The van der Waals surface area contributed by atoms with Crippen LogP contribution in [-0.2, 0) is 0 Å². The molecule has 2 atom stereocenters. The highest BCUT2D eigenvalue weighted by Gasteiger charge is 2.32. The maximum absolute atomic E-state index is 3.51.